The van der Waals surface area contributed by atoms with E-state index in [0.717, 1.165) is 17.0 Å². The lowest BCUT2D eigenvalue weighted by atomic mass is 10.2. The van der Waals surface area contributed by atoms with Crippen molar-refractivity contribution in [2.75, 3.05) is 12.4 Å². The van der Waals surface area contributed by atoms with Gasteiger partial charge in [0.25, 0.3) is 0 Å². The van der Waals surface area contributed by atoms with Crippen LogP contribution in [0.25, 0.3) is 0 Å². The molecule has 2 N–H and O–H groups in total. The summed E-state index contributed by atoms with van der Waals surface area (Å²) in [5.74, 6) is 0.770. The number of hydrazone groups is 1. The second-order valence-electron chi connectivity index (χ2n) is 4.47. The lowest BCUT2D eigenvalue weighted by Gasteiger charge is -2.08. The number of aryl methyl sites for hydroxylation is 1. The van der Waals surface area contributed by atoms with E-state index in [1.807, 2.05) is 55.5 Å². The van der Waals surface area contributed by atoms with E-state index in [-0.39, 0.29) is 0 Å². The summed E-state index contributed by atoms with van der Waals surface area (Å²) in [6, 6.07) is 15.6. The molecule has 0 spiro atoms. The van der Waals surface area contributed by atoms with Crippen LogP contribution in [0.15, 0.2) is 53.6 Å². The quantitative estimate of drug-likeness (QED) is 0.516. The number of methoxy groups -OCH3 is 1. The summed E-state index contributed by atoms with van der Waals surface area (Å²) >= 11 is 5.18. The fourth-order valence-electron chi connectivity index (χ4n) is 1.78. The molecular weight excluding hydrogens is 282 g/mol. The Kier molecular flexibility index (Phi) is 5.29. The molecule has 5 heteroatoms. The maximum absolute atomic E-state index is 5.18. The van der Waals surface area contributed by atoms with Crippen LogP contribution in [0.4, 0.5) is 5.69 Å². The van der Waals surface area contributed by atoms with E-state index in [2.05, 4.69) is 15.8 Å². The lowest BCUT2D eigenvalue weighted by Crippen LogP contribution is -2.23. The first kappa shape index (κ1) is 15.0. The number of nitrogens with one attached hydrogen (secondary N) is 2. The van der Waals surface area contributed by atoms with Crippen LogP contribution in [-0.2, 0) is 0 Å². The Labute approximate surface area is 129 Å². The Balaban J connectivity index is 1.90. The van der Waals surface area contributed by atoms with E-state index in [9.17, 15) is 0 Å². The summed E-state index contributed by atoms with van der Waals surface area (Å²) in [5, 5.41) is 7.58. The second-order valence-corrected chi connectivity index (χ2v) is 4.88. The van der Waals surface area contributed by atoms with Gasteiger partial charge in [-0.2, -0.15) is 5.10 Å². The predicted octanol–water partition coefficient (Wildman–Crippen LogP) is 3.32. The van der Waals surface area contributed by atoms with Gasteiger partial charge in [-0.3, -0.25) is 5.43 Å². The summed E-state index contributed by atoms with van der Waals surface area (Å²) in [7, 11) is 1.63. The zero-order valence-electron chi connectivity index (χ0n) is 12.0. The molecule has 0 bridgehead atoms. The molecule has 108 valence electrons. The summed E-state index contributed by atoms with van der Waals surface area (Å²) in [6.07, 6.45) is 1.73. The van der Waals surface area contributed by atoms with E-state index < -0.39 is 0 Å². The Bertz CT molecular complexity index is 655. The molecule has 0 aromatic heterocycles. The lowest BCUT2D eigenvalue weighted by molar-refractivity contribution is 0.415. The van der Waals surface area contributed by atoms with Crippen molar-refractivity contribution in [3.8, 4) is 5.75 Å². The van der Waals surface area contributed by atoms with Gasteiger partial charge in [-0.05, 0) is 36.8 Å². The largest absolute Gasteiger partial charge is 0.497 e. The molecule has 0 radical (unpaired) electrons. The van der Waals surface area contributed by atoms with Gasteiger partial charge >= 0.3 is 0 Å². The van der Waals surface area contributed by atoms with Crippen LogP contribution in [0.3, 0.4) is 0 Å². The molecule has 0 fully saturated rings. The number of hydrogen-bond donors (Lipinski definition) is 2. The molecule has 21 heavy (non-hydrogen) atoms. The van der Waals surface area contributed by atoms with E-state index in [0.29, 0.717) is 5.11 Å². The molecule has 0 heterocycles. The van der Waals surface area contributed by atoms with E-state index in [1.54, 1.807) is 13.3 Å². The Hall–Kier alpha value is -2.40. The number of anilines is 1. The highest BCUT2D eigenvalue weighted by Gasteiger charge is 1.98. The van der Waals surface area contributed by atoms with E-state index in [1.165, 1.54) is 5.56 Å². The predicted molar refractivity (Wildman–Crippen MR) is 91.1 cm³/mol. The van der Waals surface area contributed by atoms with Crippen LogP contribution >= 0.6 is 12.2 Å². The number of hydrogen-bond acceptors (Lipinski definition) is 3. The van der Waals surface area contributed by atoms with Crippen LogP contribution in [0.1, 0.15) is 11.1 Å². The molecule has 4 nitrogen and oxygen atoms in total. The van der Waals surface area contributed by atoms with Crippen molar-refractivity contribution < 1.29 is 4.74 Å². The Morgan fingerprint density at radius 2 is 2.00 bits per heavy atom. The number of nitrogens with zero attached hydrogens (tertiary/aromatic N) is 1. The first-order valence-corrected chi connectivity index (χ1v) is 6.89. The third kappa shape index (κ3) is 4.89. The first-order chi connectivity index (χ1) is 10.2. The zero-order chi connectivity index (χ0) is 15.1. The minimum atomic E-state index is 0.423. The van der Waals surface area contributed by atoms with Crippen LogP contribution in [0, 0.1) is 6.92 Å². The average molecular weight is 299 g/mol. The molecular formula is C16H17N3OS. The highest BCUT2D eigenvalue weighted by molar-refractivity contribution is 7.80. The van der Waals surface area contributed by atoms with E-state index >= 15 is 0 Å². The van der Waals surface area contributed by atoms with Crippen molar-refractivity contribution in [1.29, 1.82) is 0 Å². The Morgan fingerprint density at radius 3 is 2.76 bits per heavy atom. The van der Waals surface area contributed by atoms with Crippen LogP contribution in [0.5, 0.6) is 5.75 Å². The normalized spacial score (nSPS) is 10.4. The van der Waals surface area contributed by atoms with Crippen molar-refractivity contribution in [2.45, 2.75) is 6.92 Å². The van der Waals surface area contributed by atoms with Gasteiger partial charge in [0, 0.05) is 11.8 Å². The summed E-state index contributed by atoms with van der Waals surface area (Å²) in [6.45, 7) is 2.04. The maximum atomic E-state index is 5.18. The maximum Gasteiger partial charge on any atom is 0.191 e. The third-order valence-electron chi connectivity index (χ3n) is 2.75. The topological polar surface area (TPSA) is 45.6 Å². The van der Waals surface area contributed by atoms with Gasteiger partial charge in [-0.15, -0.1) is 0 Å². The summed E-state index contributed by atoms with van der Waals surface area (Å²) in [5.41, 5.74) is 5.84. The molecule has 2 aromatic rings. The van der Waals surface area contributed by atoms with Crippen molar-refractivity contribution in [1.82, 2.24) is 5.43 Å². The molecule has 0 aliphatic heterocycles. The summed E-state index contributed by atoms with van der Waals surface area (Å²) in [4.78, 5) is 0. The van der Waals surface area contributed by atoms with E-state index in [4.69, 9.17) is 17.0 Å². The van der Waals surface area contributed by atoms with Gasteiger partial charge in [0.05, 0.1) is 13.3 Å². The third-order valence-corrected chi connectivity index (χ3v) is 2.94. The fraction of sp³-hybridized carbons (Fsp3) is 0.125. The molecule has 0 aliphatic rings. The number of benzene rings is 2. The van der Waals surface area contributed by atoms with Crippen molar-refractivity contribution >= 4 is 29.2 Å². The molecule has 0 amide bonds. The van der Waals surface area contributed by atoms with Crippen molar-refractivity contribution in [3.05, 3.63) is 59.7 Å². The second kappa shape index (κ2) is 7.40. The molecule has 0 aliphatic carbocycles. The highest BCUT2D eigenvalue weighted by Crippen LogP contribution is 2.16. The molecule has 2 rings (SSSR count). The van der Waals surface area contributed by atoms with Gasteiger partial charge in [-0.1, -0.05) is 35.9 Å². The first-order valence-electron chi connectivity index (χ1n) is 6.48. The molecule has 0 unspecified atom stereocenters. The molecule has 0 saturated heterocycles. The van der Waals surface area contributed by atoms with Gasteiger partial charge < -0.3 is 10.1 Å². The zero-order valence-corrected chi connectivity index (χ0v) is 12.8. The van der Waals surface area contributed by atoms with Crippen LogP contribution in [0.2, 0.25) is 0 Å². The van der Waals surface area contributed by atoms with Crippen molar-refractivity contribution in [2.24, 2.45) is 5.10 Å². The van der Waals surface area contributed by atoms with Gasteiger partial charge in [0.1, 0.15) is 5.75 Å². The highest BCUT2D eigenvalue weighted by atomic mass is 32.1. The SMILES string of the molecule is COc1cccc(NC(=S)N/N=C\c2cccc(C)c2)c1. The summed E-state index contributed by atoms with van der Waals surface area (Å²) < 4.78 is 5.15. The number of rotatable bonds is 4. The number of thiocarbonyl (C=S) groups is 1. The molecule has 0 saturated carbocycles. The standard InChI is InChI=1S/C16H17N3OS/c1-12-5-3-6-13(9-12)11-17-19-16(21)18-14-7-4-8-15(10-14)20-2/h3-11H,1-2H3,(H2,18,19,21)/b17-11-. The van der Waals surface area contributed by atoms with Crippen LogP contribution < -0.4 is 15.5 Å². The minimum Gasteiger partial charge on any atom is -0.497 e. The smallest absolute Gasteiger partial charge is 0.191 e. The van der Waals surface area contributed by atoms with Gasteiger partial charge in [0.15, 0.2) is 5.11 Å². The fourth-order valence-corrected chi connectivity index (χ4v) is 1.95. The van der Waals surface area contributed by atoms with Crippen LogP contribution in [-0.4, -0.2) is 18.4 Å². The van der Waals surface area contributed by atoms with Gasteiger partial charge in [0.2, 0.25) is 0 Å². The average Bonchev–Trinajstić information content (AvgIpc) is 2.47. The number of ether oxygens (including phenoxy) is 1. The molecule has 0 atom stereocenters. The van der Waals surface area contributed by atoms with Gasteiger partial charge in [-0.25, -0.2) is 0 Å². The monoisotopic (exact) mass is 299 g/mol. The van der Waals surface area contributed by atoms with Crippen molar-refractivity contribution in [3.63, 3.8) is 0 Å². The minimum absolute atomic E-state index is 0.423. The Morgan fingerprint density at radius 1 is 1.19 bits per heavy atom. The molecule has 2 aromatic carbocycles.